The molecule has 0 unspecified atom stereocenters. The van der Waals surface area contributed by atoms with E-state index in [9.17, 15) is 4.79 Å². The summed E-state index contributed by atoms with van der Waals surface area (Å²) in [5.41, 5.74) is 1.19. The minimum absolute atomic E-state index is 0.168. The third-order valence-electron chi connectivity index (χ3n) is 2.71. The van der Waals surface area contributed by atoms with Crippen LogP contribution in [0.15, 0.2) is 11.8 Å². The molecule has 0 aromatic rings. The van der Waals surface area contributed by atoms with Crippen molar-refractivity contribution in [2.24, 2.45) is 0 Å². The van der Waals surface area contributed by atoms with Gasteiger partial charge in [-0.15, -0.1) is 0 Å². The van der Waals surface area contributed by atoms with Crippen LogP contribution in [0.5, 0.6) is 0 Å². The topological polar surface area (TPSA) is 20.3 Å². The van der Waals surface area contributed by atoms with Gasteiger partial charge in [0, 0.05) is 0 Å². The van der Waals surface area contributed by atoms with E-state index in [1.54, 1.807) is 13.0 Å². The van der Waals surface area contributed by atoms with Gasteiger partial charge in [0.1, 0.15) is 0 Å². The van der Waals surface area contributed by atoms with Crippen LogP contribution in [0.2, 0.25) is 9.95 Å². The Bertz CT molecular complexity index is 222. The molecular formula is C12H24GaNO. The first kappa shape index (κ1) is 14.8. The second kappa shape index (κ2) is 8.05. The van der Waals surface area contributed by atoms with Gasteiger partial charge in [-0.2, -0.15) is 0 Å². The van der Waals surface area contributed by atoms with Crippen molar-refractivity contribution in [1.82, 2.24) is 3.61 Å². The SMILES string of the molecule is CCC[N](/C(C)=C\C(C)=O)[Ga]([CH2]C)[CH2]C. The average Bonchev–Trinajstić information content (AvgIpc) is 2.17. The third kappa shape index (κ3) is 5.47. The second-order valence-electron chi connectivity index (χ2n) is 4.06. The first-order valence-electron chi connectivity index (χ1n) is 6.02. The van der Waals surface area contributed by atoms with Crippen LogP contribution in [0.4, 0.5) is 0 Å². The standard InChI is InChI=1S/C8H15NO.2C2H5.Ga/c1-4-5-9-7(2)6-8(3)10;2*1-2;/h6H,4-5H2,1-3H3,(H,9,10);2*1H2,2H3;/q;;;+1/p-1. The quantitative estimate of drug-likeness (QED) is 0.522. The van der Waals surface area contributed by atoms with E-state index in [2.05, 4.69) is 31.3 Å². The van der Waals surface area contributed by atoms with Gasteiger partial charge < -0.3 is 0 Å². The van der Waals surface area contributed by atoms with Gasteiger partial charge in [0.05, 0.1) is 0 Å². The summed E-state index contributed by atoms with van der Waals surface area (Å²) < 4.78 is 2.55. The zero-order valence-corrected chi connectivity index (χ0v) is 13.3. The van der Waals surface area contributed by atoms with Crippen LogP contribution >= 0.6 is 0 Å². The zero-order valence-electron chi connectivity index (χ0n) is 10.8. The molecule has 0 N–H and O–H groups in total. The molecule has 0 aliphatic heterocycles. The van der Waals surface area contributed by atoms with E-state index in [-0.39, 0.29) is 5.78 Å². The van der Waals surface area contributed by atoms with Gasteiger partial charge in [-0.1, -0.05) is 0 Å². The maximum atomic E-state index is 11.1. The molecule has 0 heterocycles. The fourth-order valence-electron chi connectivity index (χ4n) is 1.99. The maximum absolute atomic E-state index is 11.1. The van der Waals surface area contributed by atoms with Crippen molar-refractivity contribution in [1.29, 1.82) is 0 Å². The molecule has 0 fully saturated rings. The molecular weight excluding hydrogens is 244 g/mol. The molecule has 0 saturated carbocycles. The Morgan fingerprint density at radius 2 is 1.73 bits per heavy atom. The van der Waals surface area contributed by atoms with Crippen molar-refractivity contribution in [2.75, 3.05) is 6.54 Å². The summed E-state index contributed by atoms with van der Waals surface area (Å²) in [5.74, 6) is 0.168. The first-order chi connectivity index (χ1) is 7.06. The Balaban J connectivity index is 4.69. The number of allylic oxidation sites excluding steroid dienone is 2. The van der Waals surface area contributed by atoms with Crippen LogP contribution in [-0.2, 0) is 4.79 Å². The number of nitrogens with zero attached hydrogens (tertiary/aromatic N) is 1. The van der Waals surface area contributed by atoms with Gasteiger partial charge in [-0.3, -0.25) is 0 Å². The average molecular weight is 268 g/mol. The van der Waals surface area contributed by atoms with Gasteiger partial charge in [-0.25, -0.2) is 0 Å². The number of ketones is 1. The summed E-state index contributed by atoms with van der Waals surface area (Å²) in [4.78, 5) is 13.7. The number of carbonyl (C=O) groups is 1. The Hall–Kier alpha value is -0.154. The molecule has 0 radical (unpaired) electrons. The molecule has 0 aliphatic carbocycles. The number of hydrogen-bond acceptors (Lipinski definition) is 2. The molecule has 0 rings (SSSR count). The van der Waals surface area contributed by atoms with Crippen LogP contribution in [0, 0.1) is 0 Å². The van der Waals surface area contributed by atoms with E-state index in [0.717, 1.165) is 6.54 Å². The first-order valence-corrected chi connectivity index (χ1v) is 10.5. The molecule has 0 bridgehead atoms. The van der Waals surface area contributed by atoms with Crippen molar-refractivity contribution in [3.63, 3.8) is 0 Å². The van der Waals surface area contributed by atoms with Gasteiger partial charge in [0.25, 0.3) is 0 Å². The van der Waals surface area contributed by atoms with E-state index in [4.69, 9.17) is 0 Å². The summed E-state index contributed by atoms with van der Waals surface area (Å²) in [5, 5.41) is 0. The number of hydrogen-bond donors (Lipinski definition) is 0. The molecule has 86 valence electrons. The fourth-order valence-corrected chi connectivity index (χ4v) is 7.73. The van der Waals surface area contributed by atoms with Crippen LogP contribution in [0.25, 0.3) is 0 Å². The predicted octanol–water partition coefficient (Wildman–Crippen LogP) is 3.22. The summed E-state index contributed by atoms with van der Waals surface area (Å²) >= 11 is -1.32. The fraction of sp³-hybridized carbons (Fsp3) is 0.750. The summed E-state index contributed by atoms with van der Waals surface area (Å²) in [6.07, 6.45) is 2.96. The molecule has 15 heavy (non-hydrogen) atoms. The van der Waals surface area contributed by atoms with Crippen molar-refractivity contribution in [2.45, 2.75) is 51.0 Å². The van der Waals surface area contributed by atoms with Crippen LogP contribution in [0.1, 0.15) is 41.0 Å². The van der Waals surface area contributed by atoms with Crippen molar-refractivity contribution < 1.29 is 4.79 Å². The number of carbonyl (C=O) groups excluding carboxylic acids is 1. The molecule has 0 aromatic heterocycles. The Morgan fingerprint density at radius 1 is 1.20 bits per heavy atom. The van der Waals surface area contributed by atoms with Crippen molar-refractivity contribution in [3.8, 4) is 0 Å². The summed E-state index contributed by atoms with van der Waals surface area (Å²) in [6, 6.07) is 0. The van der Waals surface area contributed by atoms with E-state index < -0.39 is 16.5 Å². The van der Waals surface area contributed by atoms with Crippen LogP contribution in [-0.4, -0.2) is 32.4 Å². The summed E-state index contributed by atoms with van der Waals surface area (Å²) in [6.45, 7) is 11.6. The third-order valence-corrected chi connectivity index (χ3v) is 9.91. The van der Waals surface area contributed by atoms with Gasteiger partial charge >= 0.3 is 100.0 Å². The summed E-state index contributed by atoms with van der Waals surface area (Å²) in [7, 11) is 0. The normalized spacial score (nSPS) is 11.4. The Kier molecular flexibility index (Phi) is 7.97. The van der Waals surface area contributed by atoms with Gasteiger partial charge in [0.15, 0.2) is 0 Å². The van der Waals surface area contributed by atoms with E-state index in [1.165, 1.54) is 22.1 Å². The molecule has 0 amide bonds. The van der Waals surface area contributed by atoms with E-state index in [1.807, 2.05) is 0 Å². The van der Waals surface area contributed by atoms with E-state index >= 15 is 0 Å². The Labute approximate surface area is 100 Å². The number of rotatable bonds is 7. The molecule has 0 aliphatic rings. The van der Waals surface area contributed by atoms with Crippen molar-refractivity contribution in [3.05, 3.63) is 11.8 Å². The van der Waals surface area contributed by atoms with E-state index in [0.29, 0.717) is 0 Å². The molecule has 3 heteroatoms. The molecule has 2 nitrogen and oxygen atoms in total. The molecule has 0 atom stereocenters. The minimum atomic E-state index is -1.32. The molecule has 0 saturated heterocycles. The molecule has 0 aromatic carbocycles. The van der Waals surface area contributed by atoms with Crippen LogP contribution in [0.3, 0.4) is 0 Å². The second-order valence-corrected chi connectivity index (χ2v) is 11.5. The monoisotopic (exact) mass is 267 g/mol. The van der Waals surface area contributed by atoms with Gasteiger partial charge in [0.2, 0.25) is 0 Å². The molecule has 0 spiro atoms. The van der Waals surface area contributed by atoms with Gasteiger partial charge in [-0.05, 0) is 0 Å². The Morgan fingerprint density at radius 3 is 2.07 bits per heavy atom. The zero-order chi connectivity index (χ0) is 11.8. The van der Waals surface area contributed by atoms with Crippen molar-refractivity contribution >= 4 is 22.2 Å². The predicted molar refractivity (Wildman–Crippen MR) is 68.2 cm³/mol. The van der Waals surface area contributed by atoms with Crippen LogP contribution < -0.4 is 0 Å².